The van der Waals surface area contributed by atoms with E-state index in [0.717, 1.165) is 31.2 Å². The molecule has 1 aliphatic heterocycles. The summed E-state index contributed by atoms with van der Waals surface area (Å²) >= 11 is 0. The Balaban J connectivity index is 1.43. The van der Waals surface area contributed by atoms with Crippen LogP contribution in [0.25, 0.3) is 0 Å². The topological polar surface area (TPSA) is 84.9 Å². The van der Waals surface area contributed by atoms with E-state index in [9.17, 15) is 13.2 Å². The number of rotatable bonds is 10. The average molecular weight is 461 g/mol. The molecule has 1 heterocycles. The number of carbonyl (C=O) groups excluding carboxylic acids is 1. The first-order chi connectivity index (χ1) is 15.4. The van der Waals surface area contributed by atoms with Crippen LogP contribution in [0.5, 0.6) is 11.5 Å². The van der Waals surface area contributed by atoms with E-state index in [0.29, 0.717) is 31.1 Å². The van der Waals surface area contributed by atoms with Crippen LogP contribution < -0.4 is 14.8 Å². The van der Waals surface area contributed by atoms with Crippen LogP contribution in [0.1, 0.15) is 38.7 Å². The molecule has 0 saturated carbocycles. The summed E-state index contributed by atoms with van der Waals surface area (Å²) in [6, 6.07) is 14.1. The molecule has 2 aromatic rings. The van der Waals surface area contributed by atoms with Crippen LogP contribution in [0.3, 0.4) is 0 Å². The molecule has 1 saturated heterocycles. The molecule has 1 atom stereocenters. The lowest BCUT2D eigenvalue weighted by atomic mass is 10.1. The molecule has 0 radical (unpaired) electrons. The lowest BCUT2D eigenvalue weighted by Gasteiger charge is -2.25. The molecular formula is C24H32N2O5S. The monoisotopic (exact) mass is 460 g/mol. The Kier molecular flexibility index (Phi) is 8.53. The molecule has 32 heavy (non-hydrogen) atoms. The third-order valence-corrected chi connectivity index (χ3v) is 7.39. The first-order valence-electron chi connectivity index (χ1n) is 11.2. The quantitative estimate of drug-likeness (QED) is 0.550. The van der Waals surface area contributed by atoms with Gasteiger partial charge in [-0.15, -0.1) is 0 Å². The standard InChI is InChI=1S/C24H32N2O5S/c1-3-20-9-5-6-10-23(20)31-19(2)24(27)25-15-18-30-21-11-13-22(14-12-21)32(28,29)26-16-7-4-8-17-26/h5-6,9-14,19H,3-4,7-8,15-18H2,1-2H3,(H,25,27)/t19-/m1/s1. The molecule has 7 nitrogen and oxygen atoms in total. The second-order valence-corrected chi connectivity index (χ2v) is 9.73. The largest absolute Gasteiger partial charge is 0.492 e. The van der Waals surface area contributed by atoms with Crippen molar-refractivity contribution < 1.29 is 22.7 Å². The highest BCUT2D eigenvalue weighted by molar-refractivity contribution is 7.89. The highest BCUT2D eigenvalue weighted by atomic mass is 32.2. The van der Waals surface area contributed by atoms with Gasteiger partial charge in [0.05, 0.1) is 11.4 Å². The van der Waals surface area contributed by atoms with Gasteiger partial charge in [0, 0.05) is 13.1 Å². The van der Waals surface area contributed by atoms with Crippen LogP contribution in [0.15, 0.2) is 53.4 Å². The van der Waals surface area contributed by atoms with Gasteiger partial charge in [-0.3, -0.25) is 4.79 Å². The number of ether oxygens (including phenoxy) is 2. The van der Waals surface area contributed by atoms with Gasteiger partial charge >= 0.3 is 0 Å². The zero-order valence-electron chi connectivity index (χ0n) is 18.7. The summed E-state index contributed by atoms with van der Waals surface area (Å²) in [6.07, 6.45) is 3.09. The van der Waals surface area contributed by atoms with Crippen molar-refractivity contribution in [3.8, 4) is 11.5 Å². The van der Waals surface area contributed by atoms with E-state index in [1.54, 1.807) is 35.5 Å². The first kappa shape index (κ1) is 24.1. The number of nitrogens with one attached hydrogen (secondary N) is 1. The summed E-state index contributed by atoms with van der Waals surface area (Å²) in [5.41, 5.74) is 1.06. The first-order valence-corrected chi connectivity index (χ1v) is 12.6. The second-order valence-electron chi connectivity index (χ2n) is 7.80. The number of amides is 1. The van der Waals surface area contributed by atoms with Crippen molar-refractivity contribution in [2.75, 3.05) is 26.2 Å². The molecule has 174 valence electrons. The minimum absolute atomic E-state index is 0.220. The Labute approximate surface area is 190 Å². The van der Waals surface area contributed by atoms with Crippen molar-refractivity contribution >= 4 is 15.9 Å². The zero-order valence-corrected chi connectivity index (χ0v) is 19.6. The maximum Gasteiger partial charge on any atom is 0.260 e. The van der Waals surface area contributed by atoms with E-state index >= 15 is 0 Å². The van der Waals surface area contributed by atoms with E-state index in [2.05, 4.69) is 5.32 Å². The van der Waals surface area contributed by atoms with Crippen LogP contribution in [0, 0.1) is 0 Å². The molecule has 1 aliphatic rings. The highest BCUT2D eigenvalue weighted by Crippen LogP contribution is 2.23. The zero-order chi connectivity index (χ0) is 23.0. The number of sulfonamides is 1. The Morgan fingerprint density at radius 1 is 1.06 bits per heavy atom. The smallest absolute Gasteiger partial charge is 0.260 e. The van der Waals surface area contributed by atoms with Gasteiger partial charge in [0.1, 0.15) is 18.1 Å². The predicted octanol–water partition coefficient (Wildman–Crippen LogP) is 3.39. The van der Waals surface area contributed by atoms with Gasteiger partial charge in [-0.25, -0.2) is 8.42 Å². The maximum absolute atomic E-state index is 12.7. The minimum atomic E-state index is -3.45. The van der Waals surface area contributed by atoms with E-state index < -0.39 is 16.1 Å². The number of para-hydroxylation sites is 1. The number of hydrogen-bond acceptors (Lipinski definition) is 5. The van der Waals surface area contributed by atoms with E-state index in [1.165, 1.54) is 0 Å². The lowest BCUT2D eigenvalue weighted by molar-refractivity contribution is -0.127. The molecule has 0 aliphatic carbocycles. The fourth-order valence-electron chi connectivity index (χ4n) is 3.60. The fourth-order valence-corrected chi connectivity index (χ4v) is 5.12. The summed E-state index contributed by atoms with van der Waals surface area (Å²) in [5.74, 6) is 1.05. The fraction of sp³-hybridized carbons (Fsp3) is 0.458. The van der Waals surface area contributed by atoms with E-state index in [4.69, 9.17) is 9.47 Å². The number of carbonyl (C=O) groups is 1. The Bertz CT molecular complexity index is 986. The Hall–Kier alpha value is -2.58. The Morgan fingerprint density at radius 3 is 2.44 bits per heavy atom. The van der Waals surface area contributed by atoms with Crippen LogP contribution in [0.4, 0.5) is 0 Å². The molecule has 3 rings (SSSR count). The van der Waals surface area contributed by atoms with Gasteiger partial charge in [0.2, 0.25) is 10.0 Å². The Morgan fingerprint density at radius 2 is 1.75 bits per heavy atom. The molecule has 2 aromatic carbocycles. The molecule has 0 unspecified atom stereocenters. The normalized spacial score (nSPS) is 15.7. The number of aryl methyl sites for hydroxylation is 1. The minimum Gasteiger partial charge on any atom is -0.492 e. The number of nitrogens with zero attached hydrogens (tertiary/aromatic N) is 1. The average Bonchev–Trinajstić information content (AvgIpc) is 2.83. The van der Waals surface area contributed by atoms with Gasteiger partial charge in [-0.2, -0.15) is 4.31 Å². The van der Waals surface area contributed by atoms with Crippen molar-refractivity contribution in [2.24, 2.45) is 0 Å². The lowest BCUT2D eigenvalue weighted by Crippen LogP contribution is -2.38. The molecule has 1 fully saturated rings. The van der Waals surface area contributed by atoms with Crippen molar-refractivity contribution in [1.82, 2.24) is 9.62 Å². The van der Waals surface area contributed by atoms with Crippen molar-refractivity contribution in [2.45, 2.75) is 50.5 Å². The van der Waals surface area contributed by atoms with Gasteiger partial charge in [0.25, 0.3) is 5.91 Å². The number of benzene rings is 2. The third-order valence-electron chi connectivity index (χ3n) is 5.47. The van der Waals surface area contributed by atoms with Crippen molar-refractivity contribution in [3.63, 3.8) is 0 Å². The van der Waals surface area contributed by atoms with Gasteiger partial charge < -0.3 is 14.8 Å². The molecule has 1 amide bonds. The van der Waals surface area contributed by atoms with E-state index in [1.807, 2.05) is 31.2 Å². The maximum atomic E-state index is 12.7. The van der Waals surface area contributed by atoms with Gasteiger partial charge in [-0.1, -0.05) is 31.5 Å². The van der Waals surface area contributed by atoms with Gasteiger partial charge in [0.15, 0.2) is 6.10 Å². The summed E-state index contributed by atoms with van der Waals surface area (Å²) in [6.45, 7) is 5.49. The van der Waals surface area contributed by atoms with Crippen molar-refractivity contribution in [3.05, 3.63) is 54.1 Å². The molecular weight excluding hydrogens is 428 g/mol. The van der Waals surface area contributed by atoms with E-state index in [-0.39, 0.29) is 17.4 Å². The van der Waals surface area contributed by atoms with Crippen LogP contribution in [0.2, 0.25) is 0 Å². The summed E-state index contributed by atoms with van der Waals surface area (Å²) in [7, 11) is -3.45. The SMILES string of the molecule is CCc1ccccc1O[C@H](C)C(=O)NCCOc1ccc(S(=O)(=O)N2CCCCC2)cc1. The summed E-state index contributed by atoms with van der Waals surface area (Å²) in [4.78, 5) is 12.6. The molecule has 0 bridgehead atoms. The van der Waals surface area contributed by atoms with Gasteiger partial charge in [-0.05, 0) is 62.1 Å². The molecule has 0 aromatic heterocycles. The second kappa shape index (κ2) is 11.3. The summed E-state index contributed by atoms with van der Waals surface area (Å²) in [5, 5.41) is 2.80. The van der Waals surface area contributed by atoms with Crippen LogP contribution in [-0.4, -0.2) is 51.0 Å². The summed E-state index contributed by atoms with van der Waals surface area (Å²) < 4.78 is 38.4. The number of hydrogen-bond donors (Lipinski definition) is 1. The third kappa shape index (κ3) is 6.23. The van der Waals surface area contributed by atoms with Crippen LogP contribution in [-0.2, 0) is 21.2 Å². The predicted molar refractivity (Wildman–Crippen MR) is 123 cm³/mol. The highest BCUT2D eigenvalue weighted by Gasteiger charge is 2.25. The molecule has 8 heteroatoms. The number of piperidine rings is 1. The molecule has 0 spiro atoms. The van der Waals surface area contributed by atoms with Crippen LogP contribution >= 0.6 is 0 Å². The van der Waals surface area contributed by atoms with Crippen molar-refractivity contribution in [1.29, 1.82) is 0 Å². The molecule has 1 N–H and O–H groups in total.